The van der Waals surface area contributed by atoms with Crippen LogP contribution in [0.3, 0.4) is 0 Å². The zero-order valence-electron chi connectivity index (χ0n) is 14.7. The fraction of sp³-hybridized carbons (Fsp3) is 0.588. The Morgan fingerprint density at radius 2 is 1.83 bits per heavy atom. The van der Waals surface area contributed by atoms with Crippen LogP contribution in [0, 0.1) is 5.41 Å². The quantitative estimate of drug-likeness (QED) is 0.787. The number of rotatable bonds is 8. The van der Waals surface area contributed by atoms with Crippen molar-refractivity contribution in [3.8, 4) is 11.5 Å². The van der Waals surface area contributed by atoms with Gasteiger partial charge in [0.25, 0.3) is 0 Å². The molecule has 2 N–H and O–H groups in total. The molecule has 0 unspecified atom stereocenters. The Bertz CT molecular complexity index is 507. The normalized spacial score (nSPS) is 10.7. The molecule has 1 amide bonds. The number of carbonyl (C=O) groups excluding carboxylic acids is 1. The number of ether oxygens (including phenoxy) is 2. The predicted molar refractivity (Wildman–Crippen MR) is 95.6 cm³/mol. The number of hydrogen-bond acceptors (Lipinski definition) is 4. The van der Waals surface area contributed by atoms with Crippen molar-refractivity contribution in [1.29, 1.82) is 0 Å². The number of aryl methyl sites for hydroxylation is 1. The molecule has 0 atom stereocenters. The standard InChI is InChI=1S/C17H28N2O3.ClH/c1-17(2,11-18)12-19(3)16(20)9-7-13-6-8-14(21-4)15(10-13)22-5;/h6,8,10H,7,9,11-12,18H2,1-5H3;1H. The van der Waals surface area contributed by atoms with Gasteiger partial charge in [-0.25, -0.2) is 0 Å². The van der Waals surface area contributed by atoms with Crippen LogP contribution in [0.15, 0.2) is 18.2 Å². The van der Waals surface area contributed by atoms with Crippen molar-refractivity contribution < 1.29 is 14.3 Å². The highest BCUT2D eigenvalue weighted by Gasteiger charge is 2.21. The maximum atomic E-state index is 12.2. The second-order valence-electron chi connectivity index (χ2n) is 6.31. The van der Waals surface area contributed by atoms with Gasteiger partial charge in [-0.1, -0.05) is 19.9 Å². The summed E-state index contributed by atoms with van der Waals surface area (Å²) in [5.74, 6) is 1.50. The summed E-state index contributed by atoms with van der Waals surface area (Å²) in [5.41, 5.74) is 6.71. The van der Waals surface area contributed by atoms with Gasteiger partial charge in [0.05, 0.1) is 14.2 Å². The number of amides is 1. The van der Waals surface area contributed by atoms with E-state index < -0.39 is 0 Å². The molecule has 23 heavy (non-hydrogen) atoms. The lowest BCUT2D eigenvalue weighted by molar-refractivity contribution is -0.131. The van der Waals surface area contributed by atoms with Gasteiger partial charge in [0.15, 0.2) is 11.5 Å². The van der Waals surface area contributed by atoms with E-state index in [2.05, 4.69) is 13.8 Å². The smallest absolute Gasteiger partial charge is 0.222 e. The summed E-state index contributed by atoms with van der Waals surface area (Å²) in [6.45, 7) is 5.34. The van der Waals surface area contributed by atoms with E-state index in [9.17, 15) is 4.79 Å². The van der Waals surface area contributed by atoms with Crippen molar-refractivity contribution in [1.82, 2.24) is 4.90 Å². The van der Waals surface area contributed by atoms with Gasteiger partial charge in [0, 0.05) is 20.0 Å². The number of benzene rings is 1. The Labute approximate surface area is 145 Å². The van der Waals surface area contributed by atoms with Crippen LogP contribution in [0.2, 0.25) is 0 Å². The summed E-state index contributed by atoms with van der Waals surface area (Å²) < 4.78 is 10.5. The van der Waals surface area contributed by atoms with Crippen LogP contribution in [0.25, 0.3) is 0 Å². The number of carbonyl (C=O) groups is 1. The number of hydrogen-bond donors (Lipinski definition) is 1. The molecule has 1 rings (SSSR count). The first-order valence-corrected chi connectivity index (χ1v) is 7.48. The molecule has 0 aliphatic heterocycles. The molecule has 0 fully saturated rings. The monoisotopic (exact) mass is 344 g/mol. The van der Waals surface area contributed by atoms with Gasteiger partial charge in [-0.15, -0.1) is 12.4 Å². The molecule has 132 valence electrons. The molecule has 5 nitrogen and oxygen atoms in total. The number of halogens is 1. The third kappa shape index (κ3) is 6.67. The predicted octanol–water partition coefficient (Wildman–Crippen LogP) is 2.50. The average Bonchev–Trinajstić information content (AvgIpc) is 2.51. The maximum Gasteiger partial charge on any atom is 0.222 e. The van der Waals surface area contributed by atoms with E-state index in [4.69, 9.17) is 15.2 Å². The second kappa shape index (κ2) is 9.63. The molecular weight excluding hydrogens is 316 g/mol. The van der Waals surface area contributed by atoms with Crippen LogP contribution in [0.1, 0.15) is 25.8 Å². The average molecular weight is 345 g/mol. The first-order chi connectivity index (χ1) is 10.3. The number of nitrogens with two attached hydrogens (primary N) is 1. The Hall–Kier alpha value is -1.46. The van der Waals surface area contributed by atoms with Crippen molar-refractivity contribution in [2.75, 3.05) is 34.4 Å². The lowest BCUT2D eigenvalue weighted by Crippen LogP contribution is -2.39. The van der Waals surface area contributed by atoms with Crippen molar-refractivity contribution in [3.05, 3.63) is 23.8 Å². The largest absolute Gasteiger partial charge is 0.493 e. The minimum Gasteiger partial charge on any atom is -0.493 e. The van der Waals surface area contributed by atoms with Gasteiger partial charge in [-0.3, -0.25) is 4.79 Å². The van der Waals surface area contributed by atoms with Crippen LogP contribution < -0.4 is 15.2 Å². The van der Waals surface area contributed by atoms with Gasteiger partial charge in [0.1, 0.15) is 0 Å². The molecular formula is C17H29ClN2O3. The molecule has 0 spiro atoms. The minimum absolute atomic E-state index is 0. The van der Waals surface area contributed by atoms with Gasteiger partial charge in [-0.05, 0) is 36.1 Å². The molecule has 6 heteroatoms. The first kappa shape index (κ1) is 21.5. The lowest BCUT2D eigenvalue weighted by Gasteiger charge is -2.29. The molecule has 0 saturated carbocycles. The van der Waals surface area contributed by atoms with Gasteiger partial charge in [0.2, 0.25) is 5.91 Å². The van der Waals surface area contributed by atoms with Crippen molar-refractivity contribution in [3.63, 3.8) is 0 Å². The Morgan fingerprint density at radius 1 is 1.22 bits per heavy atom. The van der Waals surface area contributed by atoms with Crippen LogP contribution in [0.4, 0.5) is 0 Å². The molecule has 0 aliphatic rings. The highest BCUT2D eigenvalue weighted by atomic mass is 35.5. The van der Waals surface area contributed by atoms with Crippen LogP contribution in [0.5, 0.6) is 11.5 Å². The van der Waals surface area contributed by atoms with E-state index in [1.54, 1.807) is 19.1 Å². The summed E-state index contributed by atoms with van der Waals surface area (Å²) in [7, 11) is 5.04. The fourth-order valence-electron chi connectivity index (χ4n) is 2.27. The number of nitrogens with zero attached hydrogens (tertiary/aromatic N) is 1. The third-order valence-electron chi connectivity index (χ3n) is 3.72. The Balaban J connectivity index is 0.00000484. The Kier molecular flexibility index (Phi) is 9.02. The zero-order chi connectivity index (χ0) is 16.8. The fourth-order valence-corrected chi connectivity index (χ4v) is 2.27. The van der Waals surface area contributed by atoms with E-state index in [0.29, 0.717) is 37.4 Å². The number of methoxy groups -OCH3 is 2. The van der Waals surface area contributed by atoms with Crippen LogP contribution in [-0.2, 0) is 11.2 Å². The summed E-state index contributed by atoms with van der Waals surface area (Å²) in [6.07, 6.45) is 1.14. The van der Waals surface area contributed by atoms with Crippen molar-refractivity contribution in [2.24, 2.45) is 11.1 Å². The topological polar surface area (TPSA) is 64.8 Å². The van der Waals surface area contributed by atoms with E-state index in [0.717, 1.165) is 5.56 Å². The molecule has 0 saturated heterocycles. The van der Waals surface area contributed by atoms with Gasteiger partial charge >= 0.3 is 0 Å². The molecule has 1 aromatic rings. The minimum atomic E-state index is -0.0618. The maximum absolute atomic E-state index is 12.2. The second-order valence-corrected chi connectivity index (χ2v) is 6.31. The van der Waals surface area contributed by atoms with Gasteiger partial charge in [-0.2, -0.15) is 0 Å². The van der Waals surface area contributed by atoms with Crippen LogP contribution >= 0.6 is 12.4 Å². The Morgan fingerprint density at radius 3 is 2.35 bits per heavy atom. The molecule has 0 heterocycles. The van der Waals surface area contributed by atoms with Crippen molar-refractivity contribution >= 4 is 18.3 Å². The molecule has 1 aromatic carbocycles. The summed E-state index contributed by atoms with van der Waals surface area (Å²) in [5, 5.41) is 0. The van der Waals surface area contributed by atoms with E-state index in [1.807, 2.05) is 25.2 Å². The van der Waals surface area contributed by atoms with Crippen molar-refractivity contribution in [2.45, 2.75) is 26.7 Å². The molecule has 0 aromatic heterocycles. The summed E-state index contributed by atoms with van der Waals surface area (Å²) in [4.78, 5) is 14.0. The zero-order valence-corrected chi connectivity index (χ0v) is 15.5. The highest BCUT2D eigenvalue weighted by molar-refractivity contribution is 5.85. The molecule has 0 aliphatic carbocycles. The molecule has 0 bridgehead atoms. The third-order valence-corrected chi connectivity index (χ3v) is 3.72. The van der Waals surface area contributed by atoms with E-state index in [1.165, 1.54) is 0 Å². The van der Waals surface area contributed by atoms with E-state index in [-0.39, 0.29) is 23.7 Å². The summed E-state index contributed by atoms with van der Waals surface area (Å²) >= 11 is 0. The van der Waals surface area contributed by atoms with Gasteiger partial charge < -0.3 is 20.1 Å². The highest BCUT2D eigenvalue weighted by Crippen LogP contribution is 2.28. The SMILES string of the molecule is COc1ccc(CCC(=O)N(C)CC(C)(C)CN)cc1OC.Cl. The van der Waals surface area contributed by atoms with E-state index >= 15 is 0 Å². The first-order valence-electron chi connectivity index (χ1n) is 7.48. The van der Waals surface area contributed by atoms with Crippen LogP contribution in [-0.4, -0.2) is 45.2 Å². The molecule has 0 radical (unpaired) electrons. The summed E-state index contributed by atoms with van der Waals surface area (Å²) in [6, 6.07) is 5.73. The lowest BCUT2D eigenvalue weighted by atomic mass is 9.93.